The van der Waals surface area contributed by atoms with E-state index in [0.29, 0.717) is 28.4 Å². The van der Waals surface area contributed by atoms with Crippen LogP contribution in [-0.4, -0.2) is 42.9 Å². The quantitative estimate of drug-likeness (QED) is 0.571. The number of imide groups is 1. The van der Waals surface area contributed by atoms with Crippen LogP contribution in [-0.2, 0) is 11.3 Å². The summed E-state index contributed by atoms with van der Waals surface area (Å²) in [6.45, 7) is 6.22. The fourth-order valence-corrected chi connectivity index (χ4v) is 3.68. The second-order valence-electron chi connectivity index (χ2n) is 6.91. The van der Waals surface area contributed by atoms with Gasteiger partial charge in [-0.25, -0.2) is 4.79 Å². The van der Waals surface area contributed by atoms with E-state index in [1.165, 1.54) is 0 Å². The molecule has 1 aromatic carbocycles. The minimum atomic E-state index is -0.532. The van der Waals surface area contributed by atoms with Gasteiger partial charge in [-0.2, -0.15) is 0 Å². The Labute approximate surface area is 171 Å². The van der Waals surface area contributed by atoms with E-state index in [0.717, 1.165) is 24.6 Å². The van der Waals surface area contributed by atoms with Crippen LogP contribution in [0.2, 0.25) is 0 Å². The molecule has 3 rings (SSSR count). The molecule has 0 aliphatic heterocycles. The number of carbonyl (C=O) groups is 2. The smallest absolute Gasteiger partial charge is 0.321 e. The van der Waals surface area contributed by atoms with Crippen molar-refractivity contribution in [3.05, 3.63) is 34.6 Å². The number of nitrogens with zero attached hydrogens (tertiary/aromatic N) is 4. The van der Waals surface area contributed by atoms with Crippen molar-refractivity contribution >= 4 is 40.4 Å². The van der Waals surface area contributed by atoms with Crippen LogP contribution in [0.3, 0.4) is 0 Å². The maximum atomic E-state index is 12.9. The Morgan fingerprint density at radius 3 is 2.69 bits per heavy atom. The maximum absolute atomic E-state index is 12.9. The minimum Gasteiger partial charge on any atom is -0.336 e. The molecule has 0 aliphatic rings. The Balaban J connectivity index is 1.92. The summed E-state index contributed by atoms with van der Waals surface area (Å²) in [6, 6.07) is 6.67. The molecule has 2 heterocycles. The van der Waals surface area contributed by atoms with E-state index in [1.54, 1.807) is 15.0 Å². The molecule has 154 valence electrons. The number of urea groups is 1. The average molecular weight is 417 g/mol. The van der Waals surface area contributed by atoms with Crippen LogP contribution < -0.4 is 16.2 Å². The molecule has 2 aromatic heterocycles. The predicted octanol–water partition coefficient (Wildman–Crippen LogP) is 2.17. The van der Waals surface area contributed by atoms with Crippen molar-refractivity contribution in [3.63, 3.8) is 0 Å². The summed E-state index contributed by atoms with van der Waals surface area (Å²) < 4.78 is 3.41. The van der Waals surface area contributed by atoms with Gasteiger partial charge in [0.1, 0.15) is 0 Å². The first-order valence-corrected chi connectivity index (χ1v) is 10.5. The summed E-state index contributed by atoms with van der Waals surface area (Å²) in [5, 5.41) is 14.3. The van der Waals surface area contributed by atoms with Crippen molar-refractivity contribution in [2.45, 2.75) is 51.4 Å². The topological polar surface area (TPSA) is 110 Å². The van der Waals surface area contributed by atoms with Gasteiger partial charge < -0.3 is 5.32 Å². The van der Waals surface area contributed by atoms with Crippen molar-refractivity contribution in [1.29, 1.82) is 0 Å². The Morgan fingerprint density at radius 1 is 1.21 bits per heavy atom. The number of hydrogen-bond donors (Lipinski definition) is 2. The predicted molar refractivity (Wildman–Crippen MR) is 112 cm³/mol. The number of rotatable bonds is 7. The van der Waals surface area contributed by atoms with Gasteiger partial charge in [0.05, 0.1) is 16.7 Å². The number of aromatic nitrogens is 4. The summed E-state index contributed by atoms with van der Waals surface area (Å²) in [7, 11) is 0. The molecule has 0 spiro atoms. The van der Waals surface area contributed by atoms with Gasteiger partial charge in [-0.1, -0.05) is 37.2 Å². The number of carbonyl (C=O) groups excluding carboxylic acids is 2. The summed E-state index contributed by atoms with van der Waals surface area (Å²) >= 11 is 1.16. The third-order valence-electron chi connectivity index (χ3n) is 4.22. The van der Waals surface area contributed by atoms with Crippen molar-refractivity contribution in [1.82, 2.24) is 29.8 Å². The first-order chi connectivity index (χ1) is 13.9. The Morgan fingerprint density at radius 2 is 1.97 bits per heavy atom. The highest BCUT2D eigenvalue weighted by molar-refractivity contribution is 7.99. The van der Waals surface area contributed by atoms with Gasteiger partial charge in [-0.3, -0.25) is 23.9 Å². The summed E-state index contributed by atoms with van der Waals surface area (Å²) in [5.74, 6) is 0.00506. The molecular weight excluding hydrogens is 392 g/mol. The molecule has 3 aromatic rings. The van der Waals surface area contributed by atoms with Crippen LogP contribution in [0.1, 0.15) is 33.6 Å². The highest BCUT2D eigenvalue weighted by Gasteiger charge is 2.18. The number of unbranched alkanes of at least 4 members (excludes halogenated alkanes) is 1. The number of hydrogen-bond acceptors (Lipinski definition) is 6. The lowest BCUT2D eigenvalue weighted by atomic mass is 10.2. The molecule has 10 heteroatoms. The van der Waals surface area contributed by atoms with Gasteiger partial charge in [0.15, 0.2) is 5.16 Å². The van der Waals surface area contributed by atoms with Crippen LogP contribution >= 0.6 is 11.8 Å². The molecule has 0 saturated carbocycles. The lowest BCUT2D eigenvalue weighted by molar-refractivity contribution is -0.117. The summed E-state index contributed by atoms with van der Waals surface area (Å²) in [4.78, 5) is 36.7. The van der Waals surface area contributed by atoms with E-state index in [4.69, 9.17) is 0 Å². The molecule has 0 atom stereocenters. The molecule has 0 unspecified atom stereocenters. The molecule has 0 radical (unpaired) electrons. The van der Waals surface area contributed by atoms with Crippen LogP contribution in [0.25, 0.3) is 16.7 Å². The SMILES string of the molecule is CCCCn1c(=O)c2ccccc2n2c(SCC(=O)NC(=O)NC(C)C)nnc12. The van der Waals surface area contributed by atoms with E-state index in [2.05, 4.69) is 27.8 Å². The molecular formula is C19H24N6O3S. The number of benzene rings is 1. The second kappa shape index (κ2) is 9.08. The molecule has 29 heavy (non-hydrogen) atoms. The highest BCUT2D eigenvalue weighted by atomic mass is 32.2. The van der Waals surface area contributed by atoms with E-state index in [9.17, 15) is 14.4 Å². The van der Waals surface area contributed by atoms with Gasteiger partial charge in [0.25, 0.3) is 5.56 Å². The van der Waals surface area contributed by atoms with Crippen molar-refractivity contribution in [3.8, 4) is 0 Å². The molecule has 0 bridgehead atoms. The fourth-order valence-electron chi connectivity index (χ4n) is 2.94. The average Bonchev–Trinajstić information content (AvgIpc) is 3.09. The zero-order valence-electron chi connectivity index (χ0n) is 16.6. The molecule has 9 nitrogen and oxygen atoms in total. The van der Waals surface area contributed by atoms with Gasteiger partial charge in [-0.15, -0.1) is 10.2 Å². The lowest BCUT2D eigenvalue weighted by Crippen LogP contribution is -2.43. The largest absolute Gasteiger partial charge is 0.336 e. The third-order valence-corrected chi connectivity index (χ3v) is 5.15. The van der Waals surface area contributed by atoms with Gasteiger partial charge in [0.2, 0.25) is 11.7 Å². The summed E-state index contributed by atoms with van der Waals surface area (Å²) in [5.41, 5.74) is 0.583. The first-order valence-electron chi connectivity index (χ1n) is 9.52. The number of nitrogens with one attached hydrogen (secondary N) is 2. The highest BCUT2D eigenvalue weighted by Crippen LogP contribution is 2.21. The number of para-hydroxylation sites is 1. The molecule has 3 amide bonds. The van der Waals surface area contributed by atoms with Crippen LogP contribution in [0.5, 0.6) is 0 Å². The molecule has 0 fully saturated rings. The van der Waals surface area contributed by atoms with Crippen molar-refractivity contribution in [2.24, 2.45) is 0 Å². The number of fused-ring (bicyclic) bond motifs is 3. The van der Waals surface area contributed by atoms with Crippen LogP contribution in [0, 0.1) is 0 Å². The second-order valence-corrected chi connectivity index (χ2v) is 7.85. The van der Waals surface area contributed by atoms with Crippen molar-refractivity contribution in [2.75, 3.05) is 5.75 Å². The van der Waals surface area contributed by atoms with Crippen LogP contribution in [0.4, 0.5) is 4.79 Å². The van der Waals surface area contributed by atoms with E-state index < -0.39 is 11.9 Å². The zero-order chi connectivity index (χ0) is 21.0. The minimum absolute atomic E-state index is 0.00524. The monoisotopic (exact) mass is 416 g/mol. The molecule has 0 saturated heterocycles. The summed E-state index contributed by atoms with van der Waals surface area (Å²) in [6.07, 6.45) is 1.79. The third kappa shape index (κ3) is 4.58. The van der Waals surface area contributed by atoms with Gasteiger partial charge in [0, 0.05) is 12.6 Å². The van der Waals surface area contributed by atoms with Gasteiger partial charge >= 0.3 is 6.03 Å². The lowest BCUT2D eigenvalue weighted by Gasteiger charge is -2.11. The standard InChI is InChI=1S/C19H24N6O3S/c1-4-5-10-24-16(27)13-8-6-7-9-14(13)25-18(24)22-23-19(25)29-11-15(26)21-17(28)20-12(2)3/h6-9,12H,4-5,10-11H2,1-3H3,(H2,20,21,26,28). The Hall–Kier alpha value is -2.88. The fraction of sp³-hybridized carbons (Fsp3) is 0.421. The maximum Gasteiger partial charge on any atom is 0.321 e. The van der Waals surface area contributed by atoms with Crippen LogP contribution in [0.15, 0.2) is 34.2 Å². The number of thioether (sulfide) groups is 1. The molecule has 0 aliphatic carbocycles. The van der Waals surface area contributed by atoms with E-state index in [-0.39, 0.29) is 17.4 Å². The first kappa shape index (κ1) is 20.8. The van der Waals surface area contributed by atoms with E-state index >= 15 is 0 Å². The zero-order valence-corrected chi connectivity index (χ0v) is 17.5. The normalized spacial score (nSPS) is 11.3. The van der Waals surface area contributed by atoms with Gasteiger partial charge in [-0.05, 0) is 32.4 Å². The Bertz CT molecular complexity index is 1100. The number of aryl methyl sites for hydroxylation is 1. The Kier molecular flexibility index (Phi) is 6.53. The van der Waals surface area contributed by atoms with E-state index in [1.807, 2.05) is 32.0 Å². The number of amides is 3. The van der Waals surface area contributed by atoms with Crippen molar-refractivity contribution < 1.29 is 9.59 Å². The molecule has 2 N–H and O–H groups in total.